The van der Waals surface area contributed by atoms with Crippen LogP contribution in [0.5, 0.6) is 0 Å². The molecule has 0 atom stereocenters. The first-order valence-corrected chi connectivity index (χ1v) is 7.94. The molecule has 0 aliphatic carbocycles. The molecule has 1 heterocycles. The quantitative estimate of drug-likeness (QED) is 0.730. The minimum Gasteiger partial charge on any atom is -0.353 e. The smallest absolute Gasteiger partial charge is 0.243 e. The molecule has 0 fully saturated rings. The van der Waals surface area contributed by atoms with Crippen LogP contribution >= 0.6 is 0 Å². The Morgan fingerprint density at radius 3 is 2.42 bits per heavy atom. The van der Waals surface area contributed by atoms with Gasteiger partial charge in [-0.05, 0) is 25.1 Å². The van der Waals surface area contributed by atoms with Crippen molar-refractivity contribution >= 4 is 12.0 Å². The zero-order chi connectivity index (χ0) is 16.8. The van der Waals surface area contributed by atoms with Gasteiger partial charge in [-0.25, -0.2) is 4.68 Å². The van der Waals surface area contributed by atoms with E-state index in [0.717, 1.165) is 22.5 Å². The number of amides is 1. The van der Waals surface area contributed by atoms with Gasteiger partial charge in [-0.15, -0.1) is 0 Å². The predicted octanol–water partition coefficient (Wildman–Crippen LogP) is 3.69. The first kappa shape index (κ1) is 15.7. The highest BCUT2D eigenvalue weighted by Gasteiger charge is 2.10. The van der Waals surface area contributed by atoms with E-state index < -0.39 is 0 Å². The molecule has 4 nitrogen and oxygen atoms in total. The monoisotopic (exact) mass is 317 g/mol. The molecular weight excluding hydrogens is 298 g/mol. The van der Waals surface area contributed by atoms with Crippen LogP contribution in [0.3, 0.4) is 0 Å². The molecule has 0 aliphatic rings. The maximum atomic E-state index is 11.7. The van der Waals surface area contributed by atoms with Gasteiger partial charge in [-0.1, -0.05) is 48.5 Å². The Morgan fingerprint density at radius 1 is 1.08 bits per heavy atom. The lowest BCUT2D eigenvalue weighted by atomic mass is 10.1. The number of nitrogens with one attached hydrogen (secondary N) is 1. The number of carbonyl (C=O) groups is 1. The van der Waals surface area contributed by atoms with E-state index in [1.165, 1.54) is 0 Å². The standard InChI is InChI=1S/C20H19N3O/c1-2-21-19(24)14-13-17-15-23(18-11-7-4-8-12-18)22-20(17)16-9-5-3-6-10-16/h3-15H,2H2,1H3,(H,21,24). The molecule has 1 amide bonds. The van der Waals surface area contributed by atoms with E-state index >= 15 is 0 Å². The second kappa shape index (κ2) is 7.42. The van der Waals surface area contributed by atoms with Crippen LogP contribution < -0.4 is 5.32 Å². The zero-order valence-electron chi connectivity index (χ0n) is 13.5. The predicted molar refractivity (Wildman–Crippen MR) is 96.7 cm³/mol. The van der Waals surface area contributed by atoms with Crippen molar-refractivity contribution in [3.05, 3.63) is 78.5 Å². The highest BCUT2D eigenvalue weighted by Crippen LogP contribution is 2.24. The number of likely N-dealkylation sites (N-methyl/N-ethyl adjacent to an activating group) is 1. The van der Waals surface area contributed by atoms with E-state index in [1.807, 2.05) is 78.5 Å². The third kappa shape index (κ3) is 3.60. The van der Waals surface area contributed by atoms with Gasteiger partial charge in [-0.2, -0.15) is 5.10 Å². The van der Waals surface area contributed by atoms with Crippen molar-refractivity contribution in [3.63, 3.8) is 0 Å². The molecule has 0 saturated heterocycles. The molecule has 1 aromatic heterocycles. The molecule has 0 bridgehead atoms. The Balaban J connectivity index is 2.02. The normalized spacial score (nSPS) is 10.9. The lowest BCUT2D eigenvalue weighted by molar-refractivity contribution is -0.116. The van der Waals surface area contributed by atoms with Gasteiger partial charge in [0.2, 0.25) is 5.91 Å². The van der Waals surface area contributed by atoms with E-state index in [1.54, 1.807) is 12.2 Å². The van der Waals surface area contributed by atoms with Crippen LogP contribution in [0.15, 0.2) is 72.9 Å². The van der Waals surface area contributed by atoms with Crippen molar-refractivity contribution in [1.82, 2.24) is 15.1 Å². The third-order valence-electron chi connectivity index (χ3n) is 3.58. The summed E-state index contributed by atoms with van der Waals surface area (Å²) in [5, 5.41) is 7.47. The van der Waals surface area contributed by atoms with Gasteiger partial charge in [0.25, 0.3) is 0 Å². The molecule has 0 saturated carbocycles. The maximum Gasteiger partial charge on any atom is 0.243 e. The van der Waals surface area contributed by atoms with Crippen LogP contribution in [0.1, 0.15) is 12.5 Å². The number of para-hydroxylation sites is 1. The fourth-order valence-electron chi connectivity index (χ4n) is 2.44. The second-order valence-corrected chi connectivity index (χ2v) is 5.31. The highest BCUT2D eigenvalue weighted by molar-refractivity contribution is 5.92. The summed E-state index contributed by atoms with van der Waals surface area (Å²) in [5.41, 5.74) is 3.74. The van der Waals surface area contributed by atoms with E-state index in [-0.39, 0.29) is 5.91 Å². The van der Waals surface area contributed by atoms with E-state index in [9.17, 15) is 4.79 Å². The van der Waals surface area contributed by atoms with Crippen molar-refractivity contribution in [1.29, 1.82) is 0 Å². The van der Waals surface area contributed by atoms with Gasteiger partial charge in [0.15, 0.2) is 0 Å². The minimum atomic E-state index is -0.107. The summed E-state index contributed by atoms with van der Waals surface area (Å²) in [6, 6.07) is 19.9. The largest absolute Gasteiger partial charge is 0.353 e. The first-order valence-electron chi connectivity index (χ1n) is 7.94. The molecule has 1 N–H and O–H groups in total. The van der Waals surface area contributed by atoms with Gasteiger partial charge in [0, 0.05) is 29.9 Å². The van der Waals surface area contributed by atoms with Crippen molar-refractivity contribution < 1.29 is 4.79 Å². The van der Waals surface area contributed by atoms with Gasteiger partial charge >= 0.3 is 0 Å². The number of hydrogen-bond donors (Lipinski definition) is 1. The molecule has 120 valence electrons. The topological polar surface area (TPSA) is 46.9 Å². The number of aromatic nitrogens is 2. The van der Waals surface area contributed by atoms with Crippen LogP contribution in [0.4, 0.5) is 0 Å². The third-order valence-corrected chi connectivity index (χ3v) is 3.58. The highest BCUT2D eigenvalue weighted by atomic mass is 16.1. The molecule has 3 rings (SSSR count). The molecule has 0 radical (unpaired) electrons. The number of benzene rings is 2. The molecule has 0 aliphatic heterocycles. The van der Waals surface area contributed by atoms with E-state index in [0.29, 0.717) is 6.54 Å². The minimum absolute atomic E-state index is 0.107. The van der Waals surface area contributed by atoms with Gasteiger partial charge in [-0.3, -0.25) is 4.79 Å². The Morgan fingerprint density at radius 2 is 1.75 bits per heavy atom. The number of nitrogens with zero attached hydrogens (tertiary/aromatic N) is 2. The Labute approximate surface area is 141 Å². The summed E-state index contributed by atoms with van der Waals surface area (Å²) >= 11 is 0. The van der Waals surface area contributed by atoms with Crippen LogP contribution in [-0.4, -0.2) is 22.2 Å². The summed E-state index contributed by atoms with van der Waals surface area (Å²) in [5.74, 6) is -0.107. The summed E-state index contributed by atoms with van der Waals surface area (Å²) in [6.45, 7) is 2.51. The summed E-state index contributed by atoms with van der Waals surface area (Å²) in [7, 11) is 0. The van der Waals surface area contributed by atoms with Crippen LogP contribution in [0.2, 0.25) is 0 Å². The van der Waals surface area contributed by atoms with Gasteiger partial charge in [0.05, 0.1) is 11.4 Å². The fourth-order valence-corrected chi connectivity index (χ4v) is 2.44. The Kier molecular flexibility index (Phi) is 4.87. The molecule has 3 aromatic rings. The average molecular weight is 317 g/mol. The van der Waals surface area contributed by atoms with E-state index in [4.69, 9.17) is 5.10 Å². The van der Waals surface area contributed by atoms with Crippen LogP contribution in [-0.2, 0) is 4.79 Å². The van der Waals surface area contributed by atoms with Crippen molar-refractivity contribution in [2.75, 3.05) is 6.54 Å². The number of hydrogen-bond acceptors (Lipinski definition) is 2. The Bertz CT molecular complexity index is 836. The van der Waals surface area contributed by atoms with Crippen LogP contribution in [0, 0.1) is 0 Å². The second-order valence-electron chi connectivity index (χ2n) is 5.31. The summed E-state index contributed by atoms with van der Waals surface area (Å²) in [6.07, 6.45) is 5.29. The molecule has 4 heteroatoms. The van der Waals surface area contributed by atoms with Crippen LogP contribution in [0.25, 0.3) is 23.0 Å². The molecule has 2 aromatic carbocycles. The molecule has 24 heavy (non-hydrogen) atoms. The average Bonchev–Trinajstić information content (AvgIpc) is 3.06. The molecule has 0 unspecified atom stereocenters. The van der Waals surface area contributed by atoms with Gasteiger partial charge in [0.1, 0.15) is 0 Å². The SMILES string of the molecule is CCNC(=O)C=Cc1cn(-c2ccccc2)nc1-c1ccccc1. The first-order chi connectivity index (χ1) is 11.8. The zero-order valence-corrected chi connectivity index (χ0v) is 13.5. The summed E-state index contributed by atoms with van der Waals surface area (Å²) < 4.78 is 1.83. The number of carbonyl (C=O) groups excluding carboxylic acids is 1. The van der Waals surface area contributed by atoms with Gasteiger partial charge < -0.3 is 5.32 Å². The lowest BCUT2D eigenvalue weighted by Crippen LogP contribution is -2.19. The molecular formula is C20H19N3O. The molecule has 0 spiro atoms. The number of rotatable bonds is 5. The fraction of sp³-hybridized carbons (Fsp3) is 0.100. The van der Waals surface area contributed by atoms with Crippen molar-refractivity contribution in [3.8, 4) is 16.9 Å². The Hall–Kier alpha value is -3.14. The van der Waals surface area contributed by atoms with Crippen molar-refractivity contribution in [2.45, 2.75) is 6.92 Å². The maximum absolute atomic E-state index is 11.7. The van der Waals surface area contributed by atoms with E-state index in [2.05, 4.69) is 5.32 Å². The lowest BCUT2D eigenvalue weighted by Gasteiger charge is -2.00. The van der Waals surface area contributed by atoms with Crippen molar-refractivity contribution in [2.24, 2.45) is 0 Å². The summed E-state index contributed by atoms with van der Waals surface area (Å²) in [4.78, 5) is 11.7.